The van der Waals surface area contributed by atoms with Crippen molar-refractivity contribution < 1.29 is 14.3 Å². The summed E-state index contributed by atoms with van der Waals surface area (Å²) in [6, 6.07) is 4.12. The molecular weight excluding hydrogens is 235 g/mol. The fraction of sp³-hybridized carbons (Fsp3) is 0.462. The monoisotopic (exact) mass is 254 g/mol. The van der Waals surface area contributed by atoms with E-state index >= 15 is 0 Å². The van der Waals surface area contributed by atoms with Gasteiger partial charge in [-0.15, -0.1) is 0 Å². The Morgan fingerprint density at radius 3 is 2.61 bits per heavy atom. The molecule has 0 aliphatic rings. The molecule has 0 fully saturated rings. The molecule has 0 spiro atoms. The molecule has 0 radical (unpaired) electrons. The third kappa shape index (κ3) is 3.51. The predicted molar refractivity (Wildman–Crippen MR) is 67.5 cm³/mol. The molecule has 1 aromatic rings. The van der Waals surface area contributed by atoms with Crippen LogP contribution >= 0.6 is 0 Å². The van der Waals surface area contributed by atoms with E-state index < -0.39 is 23.4 Å². The van der Waals surface area contributed by atoms with Crippen LogP contribution in [0.3, 0.4) is 0 Å². The molecule has 0 heterocycles. The lowest BCUT2D eigenvalue weighted by molar-refractivity contribution is 0.0954. The molecule has 1 aromatic carbocycles. The van der Waals surface area contributed by atoms with Crippen LogP contribution in [0.5, 0.6) is 0 Å². The quantitative estimate of drug-likeness (QED) is 0.738. The Bertz CT molecular complexity index is 445. The number of primary amides is 1. The molecule has 0 saturated heterocycles. The fourth-order valence-corrected chi connectivity index (χ4v) is 1.31. The van der Waals surface area contributed by atoms with Crippen molar-refractivity contribution in [2.24, 2.45) is 5.73 Å². The van der Waals surface area contributed by atoms with Crippen LogP contribution in [0.1, 0.15) is 36.7 Å². The van der Waals surface area contributed by atoms with E-state index in [-0.39, 0.29) is 12.1 Å². The number of nitrogens with one attached hydrogen (secondary N) is 1. The second kappa shape index (κ2) is 5.46. The van der Waals surface area contributed by atoms with Gasteiger partial charge in [0.2, 0.25) is 5.91 Å². The zero-order valence-electron chi connectivity index (χ0n) is 10.8. The first-order valence-corrected chi connectivity index (χ1v) is 5.75. The van der Waals surface area contributed by atoms with E-state index in [0.29, 0.717) is 5.56 Å². The Labute approximate surface area is 106 Å². The summed E-state index contributed by atoms with van der Waals surface area (Å²) >= 11 is 0. The number of hydrogen-bond donors (Lipinski definition) is 3. The van der Waals surface area contributed by atoms with Crippen molar-refractivity contribution in [1.29, 1.82) is 0 Å². The van der Waals surface area contributed by atoms with E-state index in [1.165, 1.54) is 12.1 Å². The average molecular weight is 254 g/mol. The van der Waals surface area contributed by atoms with Crippen LogP contribution in [0.2, 0.25) is 0 Å². The van der Waals surface area contributed by atoms with E-state index in [1.807, 2.05) is 13.8 Å². The topological polar surface area (TPSA) is 75.3 Å². The molecule has 4 N–H and O–H groups in total. The number of benzene rings is 1. The molecule has 1 rings (SSSR count). The molecule has 1 unspecified atom stereocenters. The Balaban J connectivity index is 2.78. The molecule has 0 aliphatic heterocycles. The zero-order valence-corrected chi connectivity index (χ0v) is 10.8. The molecule has 5 heteroatoms. The molecule has 0 bridgehead atoms. The minimum Gasteiger partial charge on any atom is -0.392 e. The summed E-state index contributed by atoms with van der Waals surface area (Å²) in [6.07, 6.45) is -0.564. The van der Waals surface area contributed by atoms with Crippen molar-refractivity contribution in [3.63, 3.8) is 0 Å². The van der Waals surface area contributed by atoms with E-state index in [9.17, 15) is 14.3 Å². The summed E-state index contributed by atoms with van der Waals surface area (Å²) in [5.41, 5.74) is 5.11. The molecule has 100 valence electrons. The second-order valence-corrected chi connectivity index (χ2v) is 4.92. The summed E-state index contributed by atoms with van der Waals surface area (Å²) in [5.74, 6) is -1.14. The van der Waals surface area contributed by atoms with Gasteiger partial charge in [-0.05, 0) is 32.9 Å². The summed E-state index contributed by atoms with van der Waals surface area (Å²) in [5, 5.41) is 12.6. The lowest BCUT2D eigenvalue weighted by atomic mass is 9.98. The number of carbonyl (C=O) groups is 1. The maximum Gasteiger partial charge on any atom is 0.248 e. The third-order valence-electron chi connectivity index (χ3n) is 3.12. The Hall–Kier alpha value is -1.46. The fourth-order valence-electron chi connectivity index (χ4n) is 1.31. The van der Waals surface area contributed by atoms with Gasteiger partial charge in [-0.3, -0.25) is 4.79 Å². The van der Waals surface area contributed by atoms with E-state index in [4.69, 9.17) is 5.73 Å². The highest BCUT2D eigenvalue weighted by Crippen LogP contribution is 2.14. The molecule has 1 atom stereocenters. The summed E-state index contributed by atoms with van der Waals surface area (Å²) in [7, 11) is 0. The summed E-state index contributed by atoms with van der Waals surface area (Å²) < 4.78 is 13.7. The molecule has 1 amide bonds. The van der Waals surface area contributed by atoms with Gasteiger partial charge in [0.1, 0.15) is 5.82 Å². The van der Waals surface area contributed by atoms with Crippen LogP contribution in [0.15, 0.2) is 18.2 Å². The number of hydrogen-bond acceptors (Lipinski definition) is 3. The van der Waals surface area contributed by atoms with Crippen LogP contribution in [-0.4, -0.2) is 22.7 Å². The standard InChI is InChI=1S/C13H19FN2O2/c1-8(17)13(2,3)16-7-10-5-4-9(12(15)18)6-11(10)14/h4-6,8,16-17H,7H2,1-3H3,(H2,15,18). The van der Waals surface area contributed by atoms with Gasteiger partial charge in [0.15, 0.2) is 0 Å². The SMILES string of the molecule is CC(O)C(C)(C)NCc1ccc(C(N)=O)cc1F. The minimum absolute atomic E-state index is 0.144. The maximum atomic E-state index is 13.7. The van der Waals surface area contributed by atoms with Gasteiger partial charge < -0.3 is 16.2 Å². The van der Waals surface area contributed by atoms with Gasteiger partial charge >= 0.3 is 0 Å². The Kier molecular flexibility index (Phi) is 4.43. The first kappa shape index (κ1) is 14.6. The highest BCUT2D eigenvalue weighted by atomic mass is 19.1. The van der Waals surface area contributed by atoms with Gasteiger partial charge in [0.25, 0.3) is 0 Å². The maximum absolute atomic E-state index is 13.7. The lowest BCUT2D eigenvalue weighted by Crippen LogP contribution is -2.47. The van der Waals surface area contributed by atoms with Crippen molar-refractivity contribution in [2.45, 2.75) is 39.0 Å². The normalized spacial score (nSPS) is 13.4. The highest BCUT2D eigenvalue weighted by molar-refractivity contribution is 5.92. The summed E-state index contributed by atoms with van der Waals surface area (Å²) in [4.78, 5) is 10.9. The predicted octanol–water partition coefficient (Wildman–Crippen LogP) is 1.17. The zero-order chi connectivity index (χ0) is 13.9. The number of amides is 1. The van der Waals surface area contributed by atoms with E-state index in [1.54, 1.807) is 6.92 Å². The second-order valence-electron chi connectivity index (χ2n) is 4.92. The van der Waals surface area contributed by atoms with Gasteiger partial charge in [0, 0.05) is 23.2 Å². The van der Waals surface area contributed by atoms with Crippen molar-refractivity contribution in [3.8, 4) is 0 Å². The van der Waals surface area contributed by atoms with Crippen LogP contribution in [0.25, 0.3) is 0 Å². The van der Waals surface area contributed by atoms with Crippen molar-refractivity contribution in [2.75, 3.05) is 0 Å². The number of nitrogens with two attached hydrogens (primary N) is 1. The Morgan fingerprint density at radius 1 is 1.56 bits per heavy atom. The van der Waals surface area contributed by atoms with Crippen molar-refractivity contribution in [3.05, 3.63) is 35.1 Å². The lowest BCUT2D eigenvalue weighted by Gasteiger charge is -2.29. The number of carbonyl (C=O) groups excluding carboxylic acids is 1. The molecule has 0 saturated carbocycles. The first-order chi connectivity index (χ1) is 8.24. The van der Waals surface area contributed by atoms with Crippen LogP contribution < -0.4 is 11.1 Å². The minimum atomic E-state index is -0.655. The number of halogens is 1. The molecule has 0 aliphatic carbocycles. The molecule has 18 heavy (non-hydrogen) atoms. The largest absolute Gasteiger partial charge is 0.392 e. The smallest absolute Gasteiger partial charge is 0.248 e. The van der Waals surface area contributed by atoms with Crippen LogP contribution in [0.4, 0.5) is 4.39 Å². The molecule has 4 nitrogen and oxygen atoms in total. The van der Waals surface area contributed by atoms with Crippen LogP contribution in [-0.2, 0) is 6.54 Å². The van der Waals surface area contributed by atoms with Gasteiger partial charge in [0.05, 0.1) is 6.10 Å². The van der Waals surface area contributed by atoms with E-state index in [2.05, 4.69) is 5.32 Å². The van der Waals surface area contributed by atoms with Gasteiger partial charge in [-0.1, -0.05) is 6.07 Å². The average Bonchev–Trinajstić information content (AvgIpc) is 2.26. The van der Waals surface area contributed by atoms with Crippen LogP contribution in [0, 0.1) is 5.82 Å². The molecular formula is C13H19FN2O2. The van der Waals surface area contributed by atoms with Crippen molar-refractivity contribution in [1.82, 2.24) is 5.32 Å². The number of rotatable bonds is 5. The highest BCUT2D eigenvalue weighted by Gasteiger charge is 2.23. The number of aliphatic hydroxyl groups is 1. The van der Waals surface area contributed by atoms with Gasteiger partial charge in [-0.2, -0.15) is 0 Å². The first-order valence-electron chi connectivity index (χ1n) is 5.75. The van der Waals surface area contributed by atoms with Crippen molar-refractivity contribution >= 4 is 5.91 Å². The van der Waals surface area contributed by atoms with E-state index in [0.717, 1.165) is 6.07 Å². The number of aliphatic hydroxyl groups excluding tert-OH is 1. The Morgan fingerprint density at radius 2 is 2.17 bits per heavy atom. The van der Waals surface area contributed by atoms with Gasteiger partial charge in [-0.25, -0.2) is 4.39 Å². The molecule has 0 aromatic heterocycles. The third-order valence-corrected chi connectivity index (χ3v) is 3.12. The summed E-state index contributed by atoms with van der Waals surface area (Å²) in [6.45, 7) is 5.59.